The molecular weight excluding hydrogens is 158 g/mol. The van der Waals surface area contributed by atoms with Gasteiger partial charge in [-0.1, -0.05) is 0 Å². The van der Waals surface area contributed by atoms with Crippen LogP contribution >= 0.6 is 12.4 Å². The highest BCUT2D eigenvalue weighted by atomic mass is 35.5. The molecule has 0 atom stereocenters. The van der Waals surface area contributed by atoms with E-state index in [9.17, 15) is 0 Å². The van der Waals surface area contributed by atoms with E-state index in [1.807, 2.05) is 24.5 Å². The normalized spacial score (nSPS) is 6.40. The van der Waals surface area contributed by atoms with Gasteiger partial charge in [0.05, 0.1) is 0 Å². The first-order chi connectivity index (χ1) is 4.23. The van der Waals surface area contributed by atoms with Gasteiger partial charge in [0.15, 0.2) is 0 Å². The second-order valence-electron chi connectivity index (χ2n) is 1.17. The molecule has 0 amide bonds. The van der Waals surface area contributed by atoms with Gasteiger partial charge in [0.25, 0.3) is 0 Å². The quantitative estimate of drug-likeness (QED) is 0.547. The molecule has 0 saturated heterocycles. The third-order valence-electron chi connectivity index (χ3n) is 0.496. The van der Waals surface area contributed by atoms with Crippen LogP contribution < -0.4 is 0 Å². The highest BCUT2D eigenvalue weighted by Crippen LogP contribution is 1.72. The Morgan fingerprint density at radius 2 is 1.50 bits per heavy atom. The second kappa shape index (κ2) is 7.84. The van der Waals surface area contributed by atoms with Crippen LogP contribution in [0.2, 0.25) is 0 Å². The van der Waals surface area contributed by atoms with E-state index in [4.69, 9.17) is 15.0 Å². The van der Waals surface area contributed by atoms with Gasteiger partial charge in [0.2, 0.25) is 0 Å². The largest absolute Gasteiger partial charge is 0.503 e. The monoisotopic (exact) mass is 165 g/mol. The number of aromatic nitrogens is 1. The molecule has 1 heterocycles. The van der Waals surface area contributed by atoms with Gasteiger partial charge in [-0.3, -0.25) is 0 Å². The molecule has 1 aromatic heterocycles. The molecule has 0 aliphatic carbocycles. The number of nitrogens with one attached hydrogen (secondary N) is 1. The Morgan fingerprint density at radius 3 is 1.60 bits per heavy atom. The molecule has 0 aliphatic heterocycles. The number of hydrogen-bond donors (Lipinski definition) is 3. The van der Waals surface area contributed by atoms with E-state index in [0.29, 0.717) is 0 Å². The third kappa shape index (κ3) is 15.8. The van der Waals surface area contributed by atoms with Crippen LogP contribution in [-0.2, 0) is 0 Å². The summed E-state index contributed by atoms with van der Waals surface area (Å²) in [7, 11) is 0. The lowest BCUT2D eigenvalue weighted by molar-refractivity contribution is 0.137. The first-order valence-corrected chi connectivity index (χ1v) is 2.23. The zero-order valence-corrected chi connectivity index (χ0v) is 5.84. The summed E-state index contributed by atoms with van der Waals surface area (Å²) in [5, 5.41) is 13.9. The predicted molar refractivity (Wildman–Crippen MR) is 38.7 cm³/mol. The number of hydrogen-bond acceptors (Lipinski definition) is 1. The Morgan fingerprint density at radius 1 is 1.20 bits per heavy atom. The van der Waals surface area contributed by atoms with Crippen LogP contribution in [0.5, 0.6) is 0 Å². The maximum atomic E-state index is 8.56. The molecule has 4 nitrogen and oxygen atoms in total. The van der Waals surface area contributed by atoms with Crippen LogP contribution in [0.25, 0.3) is 0 Å². The summed E-state index contributed by atoms with van der Waals surface area (Å²) in [4.78, 5) is 11.4. The SMILES string of the molecule is Cl.O=C(O)O.c1cc[nH]c1. The molecule has 1 rings (SSSR count). The van der Waals surface area contributed by atoms with Gasteiger partial charge < -0.3 is 15.2 Å². The average Bonchev–Trinajstić information content (AvgIpc) is 2.11. The van der Waals surface area contributed by atoms with Gasteiger partial charge in [-0.05, 0) is 12.1 Å². The minimum absolute atomic E-state index is 0. The lowest BCUT2D eigenvalue weighted by Crippen LogP contribution is -1.81. The number of rotatable bonds is 0. The van der Waals surface area contributed by atoms with Crippen LogP contribution in [0, 0.1) is 0 Å². The molecule has 3 N–H and O–H groups in total. The Balaban J connectivity index is 0. The first kappa shape index (κ1) is 11.6. The first-order valence-electron chi connectivity index (χ1n) is 2.23. The van der Waals surface area contributed by atoms with Gasteiger partial charge in [0, 0.05) is 12.4 Å². The van der Waals surface area contributed by atoms with Crippen molar-refractivity contribution in [1.82, 2.24) is 4.98 Å². The van der Waals surface area contributed by atoms with Crippen molar-refractivity contribution in [3.8, 4) is 0 Å². The Bertz CT molecular complexity index is 131. The van der Waals surface area contributed by atoms with E-state index < -0.39 is 6.16 Å². The number of aromatic amines is 1. The standard InChI is InChI=1S/C4H5N.CH2O3.ClH/c1-2-4-5-3-1;2-1(3)4;/h1-5H;(H2,2,3,4);1H. The molecule has 0 unspecified atom stereocenters. The highest BCUT2D eigenvalue weighted by Gasteiger charge is 1.70. The van der Waals surface area contributed by atoms with Crippen molar-refractivity contribution in [2.75, 3.05) is 0 Å². The fraction of sp³-hybridized carbons (Fsp3) is 0. The van der Waals surface area contributed by atoms with Gasteiger partial charge in [-0.2, -0.15) is 0 Å². The Labute approximate surface area is 63.9 Å². The summed E-state index contributed by atoms with van der Waals surface area (Å²) < 4.78 is 0. The molecule has 1 aromatic rings. The molecule has 0 saturated carbocycles. The predicted octanol–water partition coefficient (Wildman–Crippen LogP) is 1.66. The maximum Gasteiger partial charge on any atom is 0.503 e. The summed E-state index contributed by atoms with van der Waals surface area (Å²) >= 11 is 0. The van der Waals surface area contributed by atoms with E-state index in [0.717, 1.165) is 0 Å². The molecular formula is C5H8ClNO3. The zero-order chi connectivity index (χ0) is 7.11. The second-order valence-corrected chi connectivity index (χ2v) is 1.17. The lowest BCUT2D eigenvalue weighted by atomic mass is 10.7. The molecule has 10 heavy (non-hydrogen) atoms. The number of carbonyl (C=O) groups is 1. The molecule has 0 spiro atoms. The number of carboxylic acid groups (broad SMARTS) is 2. The summed E-state index contributed by atoms with van der Waals surface area (Å²) in [5.41, 5.74) is 0. The van der Waals surface area contributed by atoms with Crippen LogP contribution in [0.3, 0.4) is 0 Å². The highest BCUT2D eigenvalue weighted by molar-refractivity contribution is 5.85. The summed E-state index contributed by atoms with van der Waals surface area (Å²) in [6.45, 7) is 0. The van der Waals surface area contributed by atoms with Crippen molar-refractivity contribution in [2.24, 2.45) is 0 Å². The lowest BCUT2D eigenvalue weighted by Gasteiger charge is -1.60. The summed E-state index contributed by atoms with van der Waals surface area (Å²) in [6, 6.07) is 3.89. The van der Waals surface area contributed by atoms with E-state index in [2.05, 4.69) is 4.98 Å². The molecule has 0 radical (unpaired) electrons. The molecule has 0 fully saturated rings. The Kier molecular flexibility index (Phi) is 9.11. The van der Waals surface area contributed by atoms with Crippen molar-refractivity contribution >= 4 is 18.6 Å². The molecule has 5 heteroatoms. The van der Waals surface area contributed by atoms with Gasteiger partial charge in [-0.25, -0.2) is 4.79 Å². The number of halogens is 1. The average molecular weight is 166 g/mol. The molecule has 58 valence electrons. The Hall–Kier alpha value is -1.16. The van der Waals surface area contributed by atoms with Crippen LogP contribution in [0.4, 0.5) is 4.79 Å². The summed E-state index contributed by atoms with van der Waals surface area (Å²) in [6.07, 6.45) is 1.92. The van der Waals surface area contributed by atoms with Crippen molar-refractivity contribution in [1.29, 1.82) is 0 Å². The minimum atomic E-state index is -1.83. The van der Waals surface area contributed by atoms with Gasteiger partial charge in [0.1, 0.15) is 0 Å². The van der Waals surface area contributed by atoms with Gasteiger partial charge >= 0.3 is 6.16 Å². The van der Waals surface area contributed by atoms with Crippen LogP contribution in [-0.4, -0.2) is 21.4 Å². The topological polar surface area (TPSA) is 73.3 Å². The van der Waals surface area contributed by atoms with Crippen molar-refractivity contribution in [3.63, 3.8) is 0 Å². The van der Waals surface area contributed by atoms with Crippen molar-refractivity contribution in [2.45, 2.75) is 0 Å². The molecule has 0 aromatic carbocycles. The van der Waals surface area contributed by atoms with Crippen molar-refractivity contribution < 1.29 is 15.0 Å². The number of H-pyrrole nitrogens is 1. The molecule has 0 aliphatic rings. The van der Waals surface area contributed by atoms with Crippen LogP contribution in [0.15, 0.2) is 24.5 Å². The summed E-state index contributed by atoms with van der Waals surface area (Å²) in [5.74, 6) is 0. The van der Waals surface area contributed by atoms with Crippen LogP contribution in [0.1, 0.15) is 0 Å². The maximum absolute atomic E-state index is 8.56. The molecule has 0 bridgehead atoms. The zero-order valence-electron chi connectivity index (χ0n) is 5.02. The fourth-order valence-electron chi connectivity index (χ4n) is 0.278. The fourth-order valence-corrected chi connectivity index (χ4v) is 0.278. The third-order valence-corrected chi connectivity index (χ3v) is 0.496. The van der Waals surface area contributed by atoms with E-state index in [1.165, 1.54) is 0 Å². The van der Waals surface area contributed by atoms with E-state index >= 15 is 0 Å². The van der Waals surface area contributed by atoms with Crippen molar-refractivity contribution in [3.05, 3.63) is 24.5 Å². The van der Waals surface area contributed by atoms with E-state index in [-0.39, 0.29) is 12.4 Å². The van der Waals surface area contributed by atoms with Gasteiger partial charge in [-0.15, -0.1) is 12.4 Å². The smallest absolute Gasteiger partial charge is 0.450 e. The minimum Gasteiger partial charge on any atom is -0.450 e. The van der Waals surface area contributed by atoms with E-state index in [1.54, 1.807) is 0 Å².